The zero-order valence-electron chi connectivity index (χ0n) is 35.0. The Hall–Kier alpha value is -8.14. The normalized spacial score (nSPS) is 15.9. The Balaban J connectivity index is 1.01. The lowest BCUT2D eigenvalue weighted by Crippen LogP contribution is -2.27. The molecule has 1 aliphatic heterocycles. The number of nitrogens with zero attached hydrogens (tertiary/aromatic N) is 1. The maximum atomic E-state index is 7.29. The van der Waals surface area contributed by atoms with Crippen LogP contribution < -0.4 is 14.4 Å². The predicted octanol–water partition coefficient (Wildman–Crippen LogP) is 16.5. The first-order valence-corrected chi connectivity index (χ1v) is 22.2. The molecule has 9 aromatic carbocycles. The average molecular weight is 820 g/mol. The number of hydrogen-bond acceptors (Lipinski definition) is 3. The van der Waals surface area contributed by atoms with E-state index in [9.17, 15) is 0 Å². The highest BCUT2D eigenvalue weighted by Crippen LogP contribution is 2.67. The lowest BCUT2D eigenvalue weighted by molar-refractivity contribution is 0.360. The van der Waals surface area contributed by atoms with Gasteiger partial charge in [0.25, 0.3) is 0 Å². The first kappa shape index (κ1) is 36.5. The van der Waals surface area contributed by atoms with Crippen molar-refractivity contribution in [1.29, 1.82) is 0 Å². The van der Waals surface area contributed by atoms with Gasteiger partial charge in [0.1, 0.15) is 0 Å². The second-order valence-corrected chi connectivity index (χ2v) is 17.0. The number of anilines is 3. The summed E-state index contributed by atoms with van der Waals surface area (Å²) < 4.78 is 14.2. The number of para-hydroxylation sites is 1. The molecule has 64 heavy (non-hydrogen) atoms. The molecule has 0 saturated carbocycles. The van der Waals surface area contributed by atoms with Gasteiger partial charge in [-0.1, -0.05) is 182 Å². The van der Waals surface area contributed by atoms with Crippen molar-refractivity contribution in [1.82, 2.24) is 0 Å². The number of ether oxygens (including phenoxy) is 2. The molecule has 1 heterocycles. The van der Waals surface area contributed by atoms with Gasteiger partial charge in [-0.25, -0.2) is 0 Å². The largest absolute Gasteiger partial charge is 0.449 e. The topological polar surface area (TPSA) is 21.7 Å². The Morgan fingerprint density at radius 3 is 1.78 bits per heavy atom. The molecule has 0 amide bonds. The van der Waals surface area contributed by atoms with E-state index in [1.54, 1.807) is 0 Å². The maximum Gasteiger partial charge on any atom is 0.178 e. The van der Waals surface area contributed by atoms with Crippen LogP contribution in [0.15, 0.2) is 230 Å². The highest BCUT2D eigenvalue weighted by molar-refractivity contribution is 5.99. The number of rotatable bonds is 6. The molecule has 0 saturated heterocycles. The Labute approximate surface area is 373 Å². The van der Waals surface area contributed by atoms with Gasteiger partial charge in [0.05, 0.1) is 22.5 Å². The molecular weight excluding hydrogens is 779 g/mol. The molecule has 4 aliphatic rings. The predicted molar refractivity (Wildman–Crippen MR) is 261 cm³/mol. The van der Waals surface area contributed by atoms with Crippen molar-refractivity contribution in [3.63, 3.8) is 0 Å². The van der Waals surface area contributed by atoms with Crippen molar-refractivity contribution in [3.8, 4) is 67.5 Å². The second-order valence-electron chi connectivity index (χ2n) is 17.0. The van der Waals surface area contributed by atoms with E-state index in [1.165, 1.54) is 44.5 Å². The minimum absolute atomic E-state index is 0.438. The van der Waals surface area contributed by atoms with E-state index in [2.05, 4.69) is 229 Å². The van der Waals surface area contributed by atoms with Gasteiger partial charge in [0.2, 0.25) is 0 Å². The Morgan fingerprint density at radius 2 is 1.02 bits per heavy atom. The van der Waals surface area contributed by atoms with Gasteiger partial charge in [-0.3, -0.25) is 0 Å². The molecule has 1 unspecified atom stereocenters. The van der Waals surface area contributed by atoms with Crippen LogP contribution in [0.25, 0.3) is 50.1 Å². The molecule has 0 radical (unpaired) electrons. The van der Waals surface area contributed by atoms with E-state index < -0.39 is 5.41 Å². The zero-order valence-corrected chi connectivity index (χ0v) is 35.0. The molecule has 0 bridgehead atoms. The zero-order chi connectivity index (χ0) is 42.2. The quantitative estimate of drug-likeness (QED) is 0.167. The molecule has 3 aliphatic carbocycles. The number of benzene rings is 9. The summed E-state index contributed by atoms with van der Waals surface area (Å²) in [5.41, 5.74) is 19.8. The van der Waals surface area contributed by atoms with E-state index >= 15 is 0 Å². The molecule has 1 atom stereocenters. The molecule has 302 valence electrons. The fraction of sp³-hybridized carbons (Fsp3) is 0.0492. The van der Waals surface area contributed by atoms with Gasteiger partial charge in [-0.15, -0.1) is 0 Å². The fourth-order valence-corrected chi connectivity index (χ4v) is 10.9. The molecule has 3 nitrogen and oxygen atoms in total. The van der Waals surface area contributed by atoms with Crippen LogP contribution >= 0.6 is 0 Å². The monoisotopic (exact) mass is 819 g/mol. The van der Waals surface area contributed by atoms with Crippen LogP contribution in [0.3, 0.4) is 0 Å². The number of fused-ring (bicyclic) bond motifs is 12. The average Bonchev–Trinajstić information content (AvgIpc) is 3.85. The van der Waals surface area contributed by atoms with Gasteiger partial charge < -0.3 is 14.4 Å². The van der Waals surface area contributed by atoms with Gasteiger partial charge in [0, 0.05) is 22.8 Å². The van der Waals surface area contributed by atoms with Crippen molar-refractivity contribution in [2.24, 2.45) is 0 Å². The third-order valence-electron chi connectivity index (χ3n) is 13.6. The van der Waals surface area contributed by atoms with Crippen LogP contribution in [-0.2, 0) is 5.41 Å². The summed E-state index contributed by atoms with van der Waals surface area (Å²) in [6.07, 6.45) is 6.83. The van der Waals surface area contributed by atoms with Crippen molar-refractivity contribution >= 4 is 22.6 Å². The third kappa shape index (κ3) is 5.41. The smallest absolute Gasteiger partial charge is 0.178 e. The fourth-order valence-electron chi connectivity index (χ4n) is 10.9. The summed E-state index contributed by atoms with van der Waals surface area (Å²) in [5, 5.41) is 0. The summed E-state index contributed by atoms with van der Waals surface area (Å²) in [6.45, 7) is 0. The maximum absolute atomic E-state index is 7.29. The van der Waals surface area contributed by atoms with Crippen molar-refractivity contribution < 1.29 is 9.47 Å². The summed E-state index contributed by atoms with van der Waals surface area (Å²) in [5.74, 6) is 2.83. The van der Waals surface area contributed by atoms with Gasteiger partial charge in [-0.2, -0.15) is 0 Å². The van der Waals surface area contributed by atoms with E-state index in [0.29, 0.717) is 11.5 Å². The lowest BCUT2D eigenvalue weighted by Gasteiger charge is -2.33. The Kier molecular flexibility index (Phi) is 8.26. The molecule has 1 spiro atoms. The Bertz CT molecular complexity index is 3390. The minimum atomic E-state index is -0.438. The van der Waals surface area contributed by atoms with E-state index in [1.807, 2.05) is 0 Å². The van der Waals surface area contributed by atoms with Crippen LogP contribution in [0.2, 0.25) is 0 Å². The summed E-state index contributed by atoms with van der Waals surface area (Å²) >= 11 is 0. The number of hydrogen-bond donors (Lipinski definition) is 0. The standard InChI is InChI=1S/C61H41NO2/c1-4-18-40(19-5-1)43-32-35-55(49(38-43)42-22-8-3-9-23-42)62(54-31-17-13-24-45(54)41-20-6-2-7-21-41)44-33-36-56-58(39-44)64-60-57(63-56)37-34-53-59(60)48-27-12-16-30-52(48)61(53)50-28-14-10-25-46(50)47-26-11-15-29-51(47)61/h1-10,12-25,27-39H,11,26H2. The summed E-state index contributed by atoms with van der Waals surface area (Å²) in [4.78, 5) is 2.39. The van der Waals surface area contributed by atoms with E-state index in [-0.39, 0.29) is 0 Å². The Morgan fingerprint density at radius 1 is 0.406 bits per heavy atom. The van der Waals surface area contributed by atoms with Crippen molar-refractivity contribution in [3.05, 3.63) is 252 Å². The summed E-state index contributed by atoms with van der Waals surface area (Å²) in [6, 6.07) is 76.2. The highest BCUT2D eigenvalue weighted by Gasteiger charge is 2.53. The molecule has 0 fully saturated rings. The van der Waals surface area contributed by atoms with E-state index in [4.69, 9.17) is 9.47 Å². The van der Waals surface area contributed by atoms with Crippen LogP contribution in [0.1, 0.15) is 35.1 Å². The van der Waals surface area contributed by atoms with Crippen molar-refractivity contribution in [2.75, 3.05) is 4.90 Å². The van der Waals surface area contributed by atoms with Gasteiger partial charge in [-0.05, 0) is 110 Å². The third-order valence-corrected chi connectivity index (χ3v) is 13.6. The van der Waals surface area contributed by atoms with Gasteiger partial charge in [0.15, 0.2) is 23.0 Å². The molecule has 0 aromatic heterocycles. The minimum Gasteiger partial charge on any atom is -0.449 e. The number of allylic oxidation sites excluding steroid dienone is 4. The molecule has 3 heteroatoms. The van der Waals surface area contributed by atoms with Crippen molar-refractivity contribution in [2.45, 2.75) is 18.3 Å². The molecule has 13 rings (SSSR count). The van der Waals surface area contributed by atoms with Crippen LogP contribution in [0, 0.1) is 0 Å². The first-order valence-electron chi connectivity index (χ1n) is 22.2. The first-order chi connectivity index (χ1) is 31.8. The van der Waals surface area contributed by atoms with Crippen LogP contribution in [-0.4, -0.2) is 0 Å². The molecular formula is C61H41NO2. The lowest BCUT2D eigenvalue weighted by atomic mass is 9.69. The summed E-state index contributed by atoms with van der Waals surface area (Å²) in [7, 11) is 0. The molecule has 0 N–H and O–H groups in total. The second kappa shape index (κ2) is 14.5. The van der Waals surface area contributed by atoms with Crippen LogP contribution in [0.4, 0.5) is 17.1 Å². The molecule has 9 aromatic rings. The van der Waals surface area contributed by atoms with E-state index in [0.717, 1.165) is 74.8 Å². The SMILES string of the molecule is C1=CC2=C(CC1)c1ccccc1C21c2ccccc2-c2c1ccc1c2Oc2cc(N(c3ccccc3-c3ccccc3)c3ccc(-c4ccccc4)cc3-c3ccccc3)ccc2O1. The van der Waals surface area contributed by atoms with Crippen LogP contribution in [0.5, 0.6) is 23.0 Å². The highest BCUT2D eigenvalue weighted by atomic mass is 16.6. The van der Waals surface area contributed by atoms with Gasteiger partial charge >= 0.3 is 0 Å².